The van der Waals surface area contributed by atoms with E-state index < -0.39 is 0 Å². The summed E-state index contributed by atoms with van der Waals surface area (Å²) in [7, 11) is 1.58. The molecule has 4 aliphatic rings. The number of anilines is 1. The number of methoxy groups -OCH3 is 1. The van der Waals surface area contributed by atoms with E-state index in [1.54, 1.807) is 55.3 Å². The lowest BCUT2D eigenvalue weighted by molar-refractivity contribution is -0.123. The van der Waals surface area contributed by atoms with Crippen LogP contribution in [-0.4, -0.2) is 34.3 Å². The lowest BCUT2D eigenvalue weighted by Crippen LogP contribution is -2.42. The summed E-state index contributed by atoms with van der Waals surface area (Å²) in [5.74, 6) is 0.217. The minimum atomic E-state index is -0.340. The average Bonchev–Trinajstić information content (AvgIpc) is 3.59. The Morgan fingerprint density at radius 1 is 0.971 bits per heavy atom. The third kappa shape index (κ3) is 2.88. The van der Waals surface area contributed by atoms with Gasteiger partial charge in [0.1, 0.15) is 11.5 Å². The number of carbonyl (C=O) groups is 2. The highest BCUT2D eigenvalue weighted by Gasteiger charge is 2.69. The Morgan fingerprint density at radius 3 is 2.34 bits per heavy atom. The highest BCUT2D eigenvalue weighted by atomic mass is 32.2. The molecule has 178 valence electrons. The van der Waals surface area contributed by atoms with Gasteiger partial charge in [-0.25, -0.2) is 0 Å². The second-order valence-electron chi connectivity index (χ2n) is 9.76. The summed E-state index contributed by atoms with van der Waals surface area (Å²) in [5, 5.41) is 10.9. The molecule has 0 spiro atoms. The summed E-state index contributed by atoms with van der Waals surface area (Å²) in [6.07, 6.45) is 0.847. The van der Waals surface area contributed by atoms with E-state index in [-0.39, 0.29) is 63.2 Å². The molecule has 7 nitrogen and oxygen atoms in total. The molecule has 9 heteroatoms. The van der Waals surface area contributed by atoms with Gasteiger partial charge in [-0.1, -0.05) is 23.5 Å². The molecular weight excluding hydrogens is 484 g/mol. The van der Waals surface area contributed by atoms with Crippen molar-refractivity contribution in [1.82, 2.24) is 4.98 Å². The van der Waals surface area contributed by atoms with Gasteiger partial charge < -0.3 is 14.8 Å². The summed E-state index contributed by atoms with van der Waals surface area (Å²) in [6, 6.07) is 14.2. The number of hydrogen-bond acceptors (Lipinski definition) is 7. The van der Waals surface area contributed by atoms with Crippen molar-refractivity contribution < 1.29 is 19.4 Å². The van der Waals surface area contributed by atoms with Gasteiger partial charge in [-0.15, -0.1) is 11.8 Å². The molecule has 2 amide bonds. The molecule has 3 heterocycles. The van der Waals surface area contributed by atoms with Crippen LogP contribution in [0, 0.1) is 29.6 Å². The van der Waals surface area contributed by atoms with E-state index in [0.29, 0.717) is 11.4 Å². The topological polar surface area (TPSA) is 99.7 Å². The fraction of sp³-hybridized carbons (Fsp3) is 0.346. The van der Waals surface area contributed by atoms with Gasteiger partial charge >= 0.3 is 4.87 Å². The fourth-order valence-electron chi connectivity index (χ4n) is 7.06. The number of aromatic hydroxyl groups is 1. The first kappa shape index (κ1) is 21.3. The Bertz CT molecular complexity index is 1410. The zero-order valence-corrected chi connectivity index (χ0v) is 20.3. The lowest BCUT2D eigenvalue weighted by atomic mass is 9.68. The van der Waals surface area contributed by atoms with Crippen molar-refractivity contribution in [3.8, 4) is 11.5 Å². The number of nitrogens with zero attached hydrogens (tertiary/aromatic N) is 1. The van der Waals surface area contributed by atoms with E-state index in [9.17, 15) is 19.5 Å². The van der Waals surface area contributed by atoms with Crippen LogP contribution >= 0.6 is 23.1 Å². The molecule has 3 fully saturated rings. The van der Waals surface area contributed by atoms with Crippen LogP contribution in [-0.2, 0) is 9.59 Å². The molecule has 1 aromatic heterocycles. The number of thioether (sulfide) groups is 1. The van der Waals surface area contributed by atoms with E-state index in [1.807, 2.05) is 12.1 Å². The van der Waals surface area contributed by atoms with Crippen molar-refractivity contribution in [2.24, 2.45) is 29.6 Å². The van der Waals surface area contributed by atoms with E-state index in [4.69, 9.17) is 4.74 Å². The van der Waals surface area contributed by atoms with Gasteiger partial charge in [0.05, 0.1) is 29.7 Å². The highest BCUT2D eigenvalue weighted by molar-refractivity contribution is 8.00. The molecule has 0 radical (unpaired) electrons. The van der Waals surface area contributed by atoms with Crippen LogP contribution in [0.2, 0.25) is 0 Å². The van der Waals surface area contributed by atoms with E-state index >= 15 is 0 Å². The molecule has 2 aromatic carbocycles. The number of imide groups is 1. The minimum Gasteiger partial charge on any atom is -0.508 e. The zero-order valence-electron chi connectivity index (χ0n) is 18.7. The third-order valence-electron chi connectivity index (χ3n) is 8.31. The van der Waals surface area contributed by atoms with Gasteiger partial charge in [0.15, 0.2) is 0 Å². The van der Waals surface area contributed by atoms with Crippen LogP contribution in [0.25, 0.3) is 0 Å². The second kappa shape index (κ2) is 7.48. The SMILES string of the molecule is COc1ccc(N2C(=O)[C@@H]3[C@H]4C[C@@H]([C@@H]3C2=O)[C@@H]2[C@@H](c3ccc(O)cc3)c3sc(=O)[nH]c3S[C@H]42)cc1. The Hall–Kier alpha value is -3.04. The van der Waals surface area contributed by atoms with Gasteiger partial charge in [-0.3, -0.25) is 19.3 Å². The van der Waals surface area contributed by atoms with Crippen LogP contribution in [0.4, 0.5) is 5.69 Å². The number of fused-ring (bicyclic) bond motifs is 9. The molecule has 2 aliphatic heterocycles. The van der Waals surface area contributed by atoms with Crippen molar-refractivity contribution in [3.63, 3.8) is 0 Å². The number of aromatic nitrogens is 1. The first-order chi connectivity index (χ1) is 17.0. The first-order valence-corrected chi connectivity index (χ1v) is 13.4. The van der Waals surface area contributed by atoms with Gasteiger partial charge in [-0.05, 0) is 66.1 Å². The van der Waals surface area contributed by atoms with Crippen molar-refractivity contribution in [2.75, 3.05) is 12.0 Å². The van der Waals surface area contributed by atoms with Gasteiger partial charge in [0.25, 0.3) is 0 Å². The maximum Gasteiger partial charge on any atom is 0.305 e. The maximum absolute atomic E-state index is 13.7. The number of ether oxygens (including phenoxy) is 1. The summed E-state index contributed by atoms with van der Waals surface area (Å²) in [6.45, 7) is 0. The first-order valence-electron chi connectivity index (χ1n) is 11.7. The molecule has 3 aromatic rings. The summed E-state index contributed by atoms with van der Waals surface area (Å²) < 4.78 is 5.23. The third-order valence-corrected chi connectivity index (χ3v) is 10.9. The number of thiazole rings is 1. The van der Waals surface area contributed by atoms with Crippen LogP contribution < -0.4 is 14.5 Å². The number of aromatic amines is 1. The van der Waals surface area contributed by atoms with Gasteiger partial charge in [-0.2, -0.15) is 0 Å². The number of H-pyrrole nitrogens is 1. The molecule has 1 saturated heterocycles. The number of rotatable bonds is 3. The molecule has 35 heavy (non-hydrogen) atoms. The Balaban J connectivity index is 1.30. The molecule has 2 aliphatic carbocycles. The molecular formula is C26H22N2O5S2. The highest BCUT2D eigenvalue weighted by Crippen LogP contribution is 2.68. The quantitative estimate of drug-likeness (QED) is 0.524. The number of benzene rings is 2. The molecule has 2 N–H and O–H groups in total. The summed E-state index contributed by atoms with van der Waals surface area (Å²) in [5.41, 5.74) is 1.62. The Morgan fingerprint density at radius 2 is 1.66 bits per heavy atom. The predicted octanol–water partition coefficient (Wildman–Crippen LogP) is 3.83. The lowest BCUT2D eigenvalue weighted by Gasteiger charge is -2.43. The van der Waals surface area contributed by atoms with E-state index in [2.05, 4.69) is 4.98 Å². The van der Waals surface area contributed by atoms with Crippen molar-refractivity contribution in [1.29, 1.82) is 0 Å². The smallest absolute Gasteiger partial charge is 0.305 e. The number of carbonyl (C=O) groups excluding carboxylic acids is 2. The molecule has 2 bridgehead atoms. The maximum atomic E-state index is 13.7. The van der Waals surface area contributed by atoms with E-state index in [0.717, 1.165) is 21.9 Å². The Labute approximate surface area is 209 Å². The number of phenolic OH excluding ortho intramolecular Hbond substituents is 1. The van der Waals surface area contributed by atoms with Crippen LogP contribution in [0.1, 0.15) is 22.8 Å². The van der Waals surface area contributed by atoms with Crippen molar-refractivity contribution in [2.45, 2.75) is 22.6 Å². The summed E-state index contributed by atoms with van der Waals surface area (Å²) in [4.78, 5) is 45.0. The van der Waals surface area contributed by atoms with Crippen molar-refractivity contribution >= 4 is 40.6 Å². The van der Waals surface area contributed by atoms with E-state index in [1.165, 1.54) is 16.2 Å². The minimum absolute atomic E-state index is 0.0466. The fourth-order valence-corrected chi connectivity index (χ4v) is 9.95. The van der Waals surface area contributed by atoms with Gasteiger partial charge in [0.2, 0.25) is 11.8 Å². The second-order valence-corrected chi connectivity index (χ2v) is 12.0. The molecule has 7 rings (SSSR count). The van der Waals surface area contributed by atoms with Crippen molar-refractivity contribution in [3.05, 3.63) is 68.6 Å². The van der Waals surface area contributed by atoms with Gasteiger partial charge in [0, 0.05) is 16.0 Å². The number of hydrogen-bond donors (Lipinski definition) is 2. The number of amides is 2. The number of phenols is 1. The summed E-state index contributed by atoms with van der Waals surface area (Å²) >= 11 is 2.91. The average molecular weight is 507 g/mol. The monoisotopic (exact) mass is 506 g/mol. The molecule has 2 saturated carbocycles. The van der Waals surface area contributed by atoms with Crippen LogP contribution in [0.3, 0.4) is 0 Å². The van der Waals surface area contributed by atoms with Crippen LogP contribution in [0.15, 0.2) is 58.4 Å². The predicted molar refractivity (Wildman–Crippen MR) is 132 cm³/mol. The molecule has 7 atom stereocenters. The number of nitrogens with one attached hydrogen (secondary N) is 1. The standard InChI is InChI=1S/C26H22N2O5S2/c1-33-14-8-4-12(5-9-14)28-24(30)19-15-10-16(20(19)25(28)31)21-18(15)17(11-2-6-13(29)7-3-11)22-23(34-21)27-26(32)35-22/h2-9,15-21,29H,10H2,1H3,(H,27,32)/t15-,16-,17-,18-,19+,20-,21-/m1/s1. The molecule has 0 unspecified atom stereocenters. The normalized spacial score (nSPS) is 32.5. The van der Waals surface area contributed by atoms with Crippen LogP contribution in [0.5, 0.6) is 11.5 Å². The Kier molecular flexibility index (Phi) is 4.54. The zero-order chi connectivity index (χ0) is 24.0. The largest absolute Gasteiger partial charge is 0.508 e.